The SMILES string of the molecule is Cc1cc(C)n(CC(=O)N2CCN(c3ccc(C(F)(F)F)c4c3CN(c3ncc(C#N)s3)CC4)C[C@H]2C)n1. The first-order valence-electron chi connectivity index (χ1n) is 12.4. The van der Waals surface area contributed by atoms with E-state index < -0.39 is 11.7 Å². The van der Waals surface area contributed by atoms with Crippen LogP contribution in [0.4, 0.5) is 24.0 Å². The lowest BCUT2D eigenvalue weighted by molar-refractivity contribution is -0.138. The summed E-state index contributed by atoms with van der Waals surface area (Å²) < 4.78 is 43.4. The molecular formula is C26H28F3N7OS. The van der Waals surface area contributed by atoms with Gasteiger partial charge in [0.15, 0.2) is 5.13 Å². The third-order valence-electron chi connectivity index (χ3n) is 7.24. The monoisotopic (exact) mass is 543 g/mol. The van der Waals surface area contributed by atoms with Crippen LogP contribution in [0.15, 0.2) is 24.4 Å². The first-order chi connectivity index (χ1) is 18.0. The molecule has 0 spiro atoms. The van der Waals surface area contributed by atoms with Crippen molar-refractivity contribution in [2.75, 3.05) is 36.0 Å². The maximum absolute atomic E-state index is 13.9. The largest absolute Gasteiger partial charge is 0.416 e. The maximum Gasteiger partial charge on any atom is 0.416 e. The molecule has 38 heavy (non-hydrogen) atoms. The van der Waals surface area contributed by atoms with Crippen molar-refractivity contribution in [1.82, 2.24) is 19.7 Å². The van der Waals surface area contributed by atoms with Crippen LogP contribution in [0.25, 0.3) is 0 Å². The minimum Gasteiger partial charge on any atom is -0.367 e. The summed E-state index contributed by atoms with van der Waals surface area (Å²) in [7, 11) is 0. The molecule has 0 aliphatic carbocycles. The zero-order valence-corrected chi connectivity index (χ0v) is 22.2. The first-order valence-corrected chi connectivity index (χ1v) is 13.2. The topological polar surface area (TPSA) is 81.3 Å². The molecule has 0 unspecified atom stereocenters. The van der Waals surface area contributed by atoms with Gasteiger partial charge in [-0.1, -0.05) is 11.3 Å². The number of halogens is 3. The highest BCUT2D eigenvalue weighted by molar-refractivity contribution is 7.16. The van der Waals surface area contributed by atoms with Crippen molar-refractivity contribution in [3.05, 3.63) is 57.4 Å². The summed E-state index contributed by atoms with van der Waals surface area (Å²) >= 11 is 1.24. The number of anilines is 2. The molecule has 2 aliphatic heterocycles. The van der Waals surface area contributed by atoms with E-state index in [2.05, 4.69) is 21.1 Å². The molecule has 4 heterocycles. The van der Waals surface area contributed by atoms with Crippen LogP contribution in [-0.2, 0) is 30.5 Å². The molecule has 200 valence electrons. The number of aromatic nitrogens is 3. The Balaban J connectivity index is 1.39. The van der Waals surface area contributed by atoms with Crippen molar-refractivity contribution < 1.29 is 18.0 Å². The number of fused-ring (bicyclic) bond motifs is 1. The predicted octanol–water partition coefficient (Wildman–Crippen LogP) is 4.15. The Hall–Kier alpha value is -3.59. The molecular weight excluding hydrogens is 515 g/mol. The number of nitriles is 1. The number of piperazine rings is 1. The number of rotatable bonds is 4. The summed E-state index contributed by atoms with van der Waals surface area (Å²) in [6.45, 7) is 8.09. The van der Waals surface area contributed by atoms with Gasteiger partial charge in [0.2, 0.25) is 5.91 Å². The van der Waals surface area contributed by atoms with Gasteiger partial charge in [0.05, 0.1) is 17.5 Å². The standard InChI is InChI=1S/C26H28F3N7OS/c1-16-10-17(2)36(32-16)15-24(37)35-9-8-33(13-18(35)3)23-5-4-22(26(27,28)29)20-6-7-34(14-21(20)23)25-31-12-19(11-30)38-25/h4-5,10,12,18H,6-9,13-15H2,1-3H3/t18-/m1/s1. The number of benzene rings is 1. The second-order valence-electron chi connectivity index (χ2n) is 9.84. The molecule has 1 amide bonds. The average molecular weight is 544 g/mol. The molecule has 1 aromatic carbocycles. The number of hydrogen-bond acceptors (Lipinski definition) is 7. The second-order valence-corrected chi connectivity index (χ2v) is 10.9. The smallest absolute Gasteiger partial charge is 0.367 e. The van der Waals surface area contributed by atoms with Gasteiger partial charge < -0.3 is 14.7 Å². The van der Waals surface area contributed by atoms with Gasteiger partial charge in [-0.3, -0.25) is 9.48 Å². The van der Waals surface area contributed by atoms with Crippen LogP contribution >= 0.6 is 11.3 Å². The molecule has 0 N–H and O–H groups in total. The Morgan fingerprint density at radius 1 is 1.18 bits per heavy atom. The van der Waals surface area contributed by atoms with Crippen LogP contribution in [0.5, 0.6) is 0 Å². The van der Waals surface area contributed by atoms with Crippen LogP contribution in [0.3, 0.4) is 0 Å². The maximum atomic E-state index is 13.9. The van der Waals surface area contributed by atoms with E-state index in [0.29, 0.717) is 47.3 Å². The molecule has 2 aromatic heterocycles. The summed E-state index contributed by atoms with van der Waals surface area (Å²) in [6, 6.07) is 6.63. The van der Waals surface area contributed by atoms with E-state index in [1.54, 1.807) is 10.7 Å². The van der Waals surface area contributed by atoms with Gasteiger partial charge in [-0.15, -0.1) is 0 Å². The van der Waals surface area contributed by atoms with E-state index in [1.165, 1.54) is 23.6 Å². The van der Waals surface area contributed by atoms with Gasteiger partial charge in [0.25, 0.3) is 0 Å². The second kappa shape index (κ2) is 9.94. The number of hydrogen-bond donors (Lipinski definition) is 0. The van der Waals surface area contributed by atoms with Gasteiger partial charge >= 0.3 is 6.18 Å². The lowest BCUT2D eigenvalue weighted by Crippen LogP contribution is -2.55. The number of aryl methyl sites for hydroxylation is 2. The van der Waals surface area contributed by atoms with E-state index in [1.807, 2.05) is 36.6 Å². The Labute approximate surface area is 222 Å². The molecule has 2 aliphatic rings. The highest BCUT2D eigenvalue weighted by Crippen LogP contribution is 2.41. The average Bonchev–Trinajstić information content (AvgIpc) is 3.47. The Morgan fingerprint density at radius 3 is 2.61 bits per heavy atom. The third-order valence-corrected chi connectivity index (χ3v) is 8.21. The molecule has 3 aromatic rings. The minimum atomic E-state index is -4.44. The number of thiazole rings is 1. The molecule has 0 bridgehead atoms. The first kappa shape index (κ1) is 26.0. The lowest BCUT2D eigenvalue weighted by Gasteiger charge is -2.43. The molecule has 1 saturated heterocycles. The van der Waals surface area contributed by atoms with Gasteiger partial charge in [-0.2, -0.15) is 23.5 Å². The zero-order valence-electron chi connectivity index (χ0n) is 21.4. The number of carbonyl (C=O) groups is 1. The molecule has 5 rings (SSSR count). The van der Waals surface area contributed by atoms with Crippen molar-refractivity contribution in [3.63, 3.8) is 0 Å². The third kappa shape index (κ3) is 4.95. The van der Waals surface area contributed by atoms with Crippen LogP contribution in [0.2, 0.25) is 0 Å². The van der Waals surface area contributed by atoms with Crippen molar-refractivity contribution in [2.45, 2.75) is 52.5 Å². The van der Waals surface area contributed by atoms with Crippen LogP contribution in [0.1, 0.15) is 39.9 Å². The normalized spacial score (nSPS) is 17.9. The molecule has 12 heteroatoms. The fourth-order valence-electron chi connectivity index (χ4n) is 5.45. The minimum absolute atomic E-state index is 0.0268. The van der Waals surface area contributed by atoms with Gasteiger partial charge in [-0.05, 0) is 56.5 Å². The van der Waals surface area contributed by atoms with Crippen LogP contribution in [-0.4, -0.2) is 57.8 Å². The highest BCUT2D eigenvalue weighted by atomic mass is 32.1. The summed E-state index contributed by atoms with van der Waals surface area (Å²) in [5.74, 6) is -0.0268. The van der Waals surface area contributed by atoms with Gasteiger partial charge in [0.1, 0.15) is 17.5 Å². The fourth-order valence-corrected chi connectivity index (χ4v) is 6.19. The van der Waals surface area contributed by atoms with Gasteiger partial charge in [-0.25, -0.2) is 4.98 Å². The molecule has 1 fully saturated rings. The van der Waals surface area contributed by atoms with Crippen molar-refractivity contribution in [3.8, 4) is 6.07 Å². The summed E-state index contributed by atoms with van der Waals surface area (Å²) in [5, 5.41) is 14.2. The molecule has 8 nitrogen and oxygen atoms in total. The lowest BCUT2D eigenvalue weighted by atomic mass is 9.91. The Bertz CT molecular complexity index is 1410. The van der Waals surface area contributed by atoms with E-state index in [0.717, 1.165) is 17.1 Å². The van der Waals surface area contributed by atoms with Crippen molar-refractivity contribution in [2.24, 2.45) is 0 Å². The van der Waals surface area contributed by atoms with E-state index >= 15 is 0 Å². The molecule has 0 saturated carbocycles. The fraction of sp³-hybridized carbons (Fsp3) is 0.462. The van der Waals surface area contributed by atoms with Crippen LogP contribution < -0.4 is 9.80 Å². The van der Waals surface area contributed by atoms with Crippen LogP contribution in [0, 0.1) is 25.2 Å². The van der Waals surface area contributed by atoms with Crippen molar-refractivity contribution in [1.29, 1.82) is 5.26 Å². The zero-order chi connectivity index (χ0) is 27.2. The van der Waals surface area contributed by atoms with E-state index in [9.17, 15) is 18.0 Å². The summed E-state index contributed by atoms with van der Waals surface area (Å²) in [5.41, 5.74) is 2.89. The number of amides is 1. The molecule has 1 atom stereocenters. The number of alkyl halides is 3. The van der Waals surface area contributed by atoms with E-state index in [-0.39, 0.29) is 31.5 Å². The summed E-state index contributed by atoms with van der Waals surface area (Å²) in [6.07, 6.45) is -2.72. The highest BCUT2D eigenvalue weighted by Gasteiger charge is 2.38. The quantitative estimate of drug-likeness (QED) is 0.492. The van der Waals surface area contributed by atoms with Gasteiger partial charge in [0, 0.05) is 50.1 Å². The number of carbonyl (C=O) groups excluding carboxylic acids is 1. The Morgan fingerprint density at radius 2 is 1.97 bits per heavy atom. The molecule has 0 radical (unpaired) electrons. The predicted molar refractivity (Wildman–Crippen MR) is 138 cm³/mol. The number of nitrogens with zero attached hydrogens (tertiary/aromatic N) is 7. The summed E-state index contributed by atoms with van der Waals surface area (Å²) in [4.78, 5) is 23.7. The van der Waals surface area contributed by atoms with E-state index in [4.69, 9.17) is 5.26 Å². The van der Waals surface area contributed by atoms with Crippen molar-refractivity contribution >= 4 is 28.1 Å². The Kier molecular flexibility index (Phi) is 6.81.